The van der Waals surface area contributed by atoms with Gasteiger partial charge in [0.25, 0.3) is 0 Å². The molecule has 2 rings (SSSR count). The highest BCUT2D eigenvalue weighted by Crippen LogP contribution is 2.49. The van der Waals surface area contributed by atoms with Gasteiger partial charge in [0, 0.05) is 0 Å². The first-order chi connectivity index (χ1) is 14.8. The van der Waals surface area contributed by atoms with E-state index in [2.05, 4.69) is 83.7 Å². The van der Waals surface area contributed by atoms with Crippen LogP contribution < -0.4 is 0 Å². The average molecular weight is 580 g/mol. The molecular formula is C24H40BrClO5Si2. The molecule has 1 aliphatic rings. The van der Waals surface area contributed by atoms with E-state index >= 15 is 0 Å². The van der Waals surface area contributed by atoms with Crippen LogP contribution in [0.2, 0.25) is 36.3 Å². The predicted octanol–water partition coefficient (Wildman–Crippen LogP) is 7.31. The Balaban J connectivity index is 2.31. The summed E-state index contributed by atoms with van der Waals surface area (Å²) in [6.07, 6.45) is -2.08. The Morgan fingerprint density at radius 3 is 2.03 bits per heavy atom. The van der Waals surface area contributed by atoms with Crippen molar-refractivity contribution in [2.45, 2.75) is 100 Å². The van der Waals surface area contributed by atoms with Gasteiger partial charge in [-0.2, -0.15) is 0 Å². The molecule has 33 heavy (non-hydrogen) atoms. The van der Waals surface area contributed by atoms with Gasteiger partial charge in [-0.05, 0) is 48.4 Å². The van der Waals surface area contributed by atoms with Crippen molar-refractivity contribution in [2.24, 2.45) is 0 Å². The van der Waals surface area contributed by atoms with Crippen LogP contribution in [0.1, 0.15) is 51.9 Å². The zero-order chi connectivity index (χ0) is 25.5. The van der Waals surface area contributed by atoms with Gasteiger partial charge in [0.2, 0.25) is 6.29 Å². The average Bonchev–Trinajstić information content (AvgIpc) is 2.89. The van der Waals surface area contributed by atoms with Crippen molar-refractivity contribution in [1.82, 2.24) is 0 Å². The third-order valence-corrected chi connectivity index (χ3v) is 17.4. The standard InChI is InChI=1S/C24H40BrClO5Si2/c1-22(2,3)32(7,8)28-16-18-19(31-33(9,10)23(4,5)6)24(25,26)21(29-18)30-20(27)17-14-12-11-13-15-17/h11-15,18-19,21H,16H2,1-10H3/t18-,19-,21?,24?/m1/s1. The van der Waals surface area contributed by atoms with Gasteiger partial charge in [0.15, 0.2) is 20.4 Å². The monoisotopic (exact) mass is 578 g/mol. The first-order valence-corrected chi connectivity index (χ1v) is 18.4. The molecule has 0 aromatic heterocycles. The van der Waals surface area contributed by atoms with Crippen LogP contribution in [0.25, 0.3) is 0 Å². The van der Waals surface area contributed by atoms with E-state index in [4.69, 9.17) is 29.9 Å². The highest BCUT2D eigenvalue weighted by molar-refractivity contribution is 9.10. The molecule has 0 N–H and O–H groups in total. The van der Waals surface area contributed by atoms with Gasteiger partial charge in [0.05, 0.1) is 12.2 Å². The molecule has 188 valence electrons. The van der Waals surface area contributed by atoms with E-state index in [-0.39, 0.29) is 10.1 Å². The second-order valence-electron chi connectivity index (χ2n) is 11.8. The minimum atomic E-state index is -2.22. The Bertz CT molecular complexity index is 818. The van der Waals surface area contributed by atoms with Crippen LogP contribution in [0.5, 0.6) is 0 Å². The summed E-state index contributed by atoms with van der Waals surface area (Å²) < 4.78 is 23.9. The number of carbonyl (C=O) groups excluding carboxylic acids is 1. The molecule has 5 nitrogen and oxygen atoms in total. The first kappa shape index (κ1) is 29.0. The van der Waals surface area contributed by atoms with Crippen LogP contribution >= 0.6 is 27.5 Å². The lowest BCUT2D eigenvalue weighted by molar-refractivity contribution is -0.114. The molecule has 1 saturated heterocycles. The topological polar surface area (TPSA) is 54.0 Å². The summed E-state index contributed by atoms with van der Waals surface area (Å²) in [5, 5.41) is 0.0175. The quantitative estimate of drug-likeness (QED) is 0.193. The van der Waals surface area contributed by atoms with Crippen molar-refractivity contribution in [1.29, 1.82) is 0 Å². The molecule has 1 aliphatic heterocycles. The summed E-state index contributed by atoms with van der Waals surface area (Å²) in [7, 11) is -4.27. The maximum Gasteiger partial charge on any atom is 0.340 e. The normalized spacial score (nSPS) is 27.0. The summed E-state index contributed by atoms with van der Waals surface area (Å²) in [5.74, 6) is -0.498. The fourth-order valence-electron chi connectivity index (χ4n) is 2.83. The van der Waals surface area contributed by atoms with E-state index in [1.165, 1.54) is 0 Å². The minimum absolute atomic E-state index is 0.0311. The predicted molar refractivity (Wildman–Crippen MR) is 143 cm³/mol. The maximum absolute atomic E-state index is 12.8. The summed E-state index contributed by atoms with van der Waals surface area (Å²) >= 11 is 10.6. The molecule has 0 bridgehead atoms. The van der Waals surface area contributed by atoms with Crippen molar-refractivity contribution < 1.29 is 23.1 Å². The van der Waals surface area contributed by atoms with E-state index in [0.29, 0.717) is 12.2 Å². The smallest absolute Gasteiger partial charge is 0.340 e. The van der Waals surface area contributed by atoms with E-state index in [9.17, 15) is 4.79 Å². The molecule has 1 heterocycles. The number of alkyl halides is 2. The molecule has 2 unspecified atom stereocenters. The number of hydrogen-bond donors (Lipinski definition) is 0. The minimum Gasteiger partial charge on any atom is -0.429 e. The fourth-order valence-corrected chi connectivity index (χ4v) is 6.29. The van der Waals surface area contributed by atoms with Crippen LogP contribution in [0.3, 0.4) is 0 Å². The number of carbonyl (C=O) groups is 1. The highest BCUT2D eigenvalue weighted by atomic mass is 79.9. The summed E-state index contributed by atoms with van der Waals surface area (Å²) in [5.41, 5.74) is 0.434. The second kappa shape index (κ2) is 10.0. The molecule has 4 atom stereocenters. The zero-order valence-electron chi connectivity index (χ0n) is 21.6. The molecule has 0 aliphatic carbocycles. The molecule has 9 heteroatoms. The molecule has 0 radical (unpaired) electrons. The van der Waals surface area contributed by atoms with Gasteiger partial charge in [-0.3, -0.25) is 0 Å². The number of hydrogen-bond acceptors (Lipinski definition) is 5. The van der Waals surface area contributed by atoms with E-state index in [0.717, 1.165) is 0 Å². The van der Waals surface area contributed by atoms with Gasteiger partial charge < -0.3 is 18.3 Å². The van der Waals surface area contributed by atoms with E-state index in [1.54, 1.807) is 24.3 Å². The number of esters is 1. The number of rotatable bonds is 7. The second-order valence-corrected chi connectivity index (χ2v) is 23.8. The lowest BCUT2D eigenvalue weighted by Crippen LogP contribution is -2.52. The summed E-state index contributed by atoms with van der Waals surface area (Å²) in [4.78, 5) is 12.8. The van der Waals surface area contributed by atoms with Crippen LogP contribution in [0.4, 0.5) is 0 Å². The number of benzene rings is 1. The Labute approximate surface area is 215 Å². The molecule has 1 aromatic carbocycles. The zero-order valence-corrected chi connectivity index (χ0v) is 26.0. The summed E-state index contributed by atoms with van der Waals surface area (Å²) in [6.45, 7) is 22.1. The molecule has 0 saturated carbocycles. The van der Waals surface area contributed by atoms with Crippen LogP contribution in [-0.4, -0.2) is 51.5 Å². The largest absolute Gasteiger partial charge is 0.429 e. The van der Waals surface area contributed by atoms with Crippen LogP contribution in [-0.2, 0) is 18.3 Å². The van der Waals surface area contributed by atoms with Crippen molar-refractivity contribution in [3.05, 3.63) is 35.9 Å². The van der Waals surface area contributed by atoms with Gasteiger partial charge in [0.1, 0.15) is 12.2 Å². The van der Waals surface area contributed by atoms with Crippen molar-refractivity contribution in [3.8, 4) is 0 Å². The molecule has 1 aromatic rings. The fraction of sp³-hybridized carbons (Fsp3) is 0.708. The lowest BCUT2D eigenvalue weighted by Gasteiger charge is -2.42. The third kappa shape index (κ3) is 6.71. The van der Waals surface area contributed by atoms with Crippen LogP contribution in [0.15, 0.2) is 30.3 Å². The number of halogens is 2. The molecular weight excluding hydrogens is 540 g/mol. The highest BCUT2D eigenvalue weighted by Gasteiger charge is 2.60. The molecule has 1 fully saturated rings. The summed E-state index contributed by atoms with van der Waals surface area (Å²) in [6, 6.07) is 8.81. The Morgan fingerprint density at radius 2 is 1.55 bits per heavy atom. The van der Waals surface area contributed by atoms with Gasteiger partial charge in [-0.1, -0.05) is 87.3 Å². The SMILES string of the molecule is CC(C)(C)[Si](C)(C)OC[C@H]1OC(OC(=O)c2ccccc2)C(Cl)(Br)[C@@H]1O[Si](C)(C)C(C)(C)C. The first-order valence-electron chi connectivity index (χ1n) is 11.4. The van der Waals surface area contributed by atoms with Crippen LogP contribution in [0, 0.1) is 0 Å². The van der Waals surface area contributed by atoms with E-state index in [1.807, 2.05) is 6.07 Å². The Morgan fingerprint density at radius 1 is 1.03 bits per heavy atom. The van der Waals surface area contributed by atoms with Crippen molar-refractivity contribution >= 4 is 50.1 Å². The Kier molecular flexibility index (Phi) is 8.82. The van der Waals surface area contributed by atoms with Gasteiger partial charge in [-0.25, -0.2) is 4.79 Å². The van der Waals surface area contributed by atoms with E-state index < -0.39 is 44.9 Å². The van der Waals surface area contributed by atoms with Crippen molar-refractivity contribution in [2.75, 3.05) is 6.61 Å². The maximum atomic E-state index is 12.8. The number of ether oxygens (including phenoxy) is 2. The third-order valence-electron chi connectivity index (χ3n) is 7.20. The van der Waals surface area contributed by atoms with Crippen molar-refractivity contribution in [3.63, 3.8) is 0 Å². The Hall–Kier alpha value is -0.226. The lowest BCUT2D eigenvalue weighted by atomic mass is 10.2. The van der Waals surface area contributed by atoms with Gasteiger partial charge in [-0.15, -0.1) is 0 Å². The van der Waals surface area contributed by atoms with Gasteiger partial charge >= 0.3 is 5.97 Å². The molecule has 0 amide bonds. The molecule has 0 spiro atoms.